The number of hydrogen-bond acceptors (Lipinski definition) is 4. The van der Waals surface area contributed by atoms with Crippen molar-refractivity contribution in [3.05, 3.63) is 18.0 Å². The fraction of sp³-hybridized carbons (Fsp3) is 0.583. The van der Waals surface area contributed by atoms with E-state index < -0.39 is 11.7 Å². The minimum Gasteiger partial charge on any atom is -0.444 e. The van der Waals surface area contributed by atoms with E-state index in [1.165, 1.54) is 16.6 Å². The van der Waals surface area contributed by atoms with Crippen molar-refractivity contribution in [2.24, 2.45) is 7.05 Å². The maximum atomic E-state index is 11.9. The van der Waals surface area contributed by atoms with Crippen LogP contribution in [0.25, 0.3) is 0 Å². The fourth-order valence-corrected chi connectivity index (χ4v) is 1.35. The van der Waals surface area contributed by atoms with E-state index in [2.05, 4.69) is 5.10 Å². The van der Waals surface area contributed by atoms with Gasteiger partial charge in [0.15, 0.2) is 5.78 Å². The summed E-state index contributed by atoms with van der Waals surface area (Å²) in [5.74, 6) is -0.177. The Hall–Kier alpha value is -1.85. The molecule has 1 rings (SSSR count). The van der Waals surface area contributed by atoms with Gasteiger partial charge in [-0.25, -0.2) is 4.79 Å². The number of Topliss-reactive ketones (excluding diaryl/α,β-unsaturated/α-hetero) is 1. The normalized spacial score (nSPS) is 11.2. The Morgan fingerprint density at radius 3 is 2.50 bits per heavy atom. The highest BCUT2D eigenvalue weighted by Crippen LogP contribution is 2.09. The van der Waals surface area contributed by atoms with Gasteiger partial charge in [0.05, 0.1) is 6.54 Å². The standard InChI is InChI=1S/C12H19N3O3/c1-12(2,3)18-11(17)14(4)8-10(16)9-6-7-13-15(9)5/h6-7H,8H2,1-5H3. The Kier molecular flexibility index (Phi) is 4.11. The molecule has 0 saturated carbocycles. The molecule has 1 aromatic rings. The number of hydrogen-bond donors (Lipinski definition) is 0. The minimum atomic E-state index is -0.569. The van der Waals surface area contributed by atoms with Crippen LogP contribution in [0.5, 0.6) is 0 Å². The van der Waals surface area contributed by atoms with Gasteiger partial charge in [0, 0.05) is 20.3 Å². The minimum absolute atomic E-state index is 0.0333. The second kappa shape index (κ2) is 5.20. The highest BCUT2D eigenvalue weighted by Gasteiger charge is 2.22. The van der Waals surface area contributed by atoms with Gasteiger partial charge >= 0.3 is 6.09 Å². The Morgan fingerprint density at radius 2 is 2.06 bits per heavy atom. The number of aromatic nitrogens is 2. The monoisotopic (exact) mass is 253 g/mol. The second-order valence-electron chi connectivity index (χ2n) is 5.10. The molecule has 1 amide bonds. The molecule has 0 spiro atoms. The van der Waals surface area contributed by atoms with Crippen LogP contribution in [0.15, 0.2) is 12.3 Å². The quantitative estimate of drug-likeness (QED) is 0.765. The topological polar surface area (TPSA) is 64.4 Å². The first kappa shape index (κ1) is 14.2. The largest absolute Gasteiger partial charge is 0.444 e. The first-order valence-corrected chi connectivity index (χ1v) is 5.66. The Morgan fingerprint density at radius 1 is 1.44 bits per heavy atom. The lowest BCUT2D eigenvalue weighted by atomic mass is 10.2. The molecule has 6 nitrogen and oxygen atoms in total. The molecule has 1 heterocycles. The van der Waals surface area contributed by atoms with Gasteiger partial charge in [-0.1, -0.05) is 0 Å². The molecular weight excluding hydrogens is 234 g/mol. The van der Waals surface area contributed by atoms with E-state index in [1.807, 2.05) is 0 Å². The number of likely N-dealkylation sites (N-methyl/N-ethyl adjacent to an activating group) is 1. The van der Waals surface area contributed by atoms with Crippen LogP contribution in [0.3, 0.4) is 0 Å². The molecule has 100 valence electrons. The maximum Gasteiger partial charge on any atom is 0.410 e. The average Bonchev–Trinajstić information content (AvgIpc) is 2.61. The Labute approximate surface area is 107 Å². The van der Waals surface area contributed by atoms with E-state index in [-0.39, 0.29) is 12.3 Å². The average molecular weight is 253 g/mol. The lowest BCUT2D eigenvalue weighted by Gasteiger charge is -2.24. The van der Waals surface area contributed by atoms with Crippen LogP contribution in [0.2, 0.25) is 0 Å². The molecule has 18 heavy (non-hydrogen) atoms. The fourth-order valence-electron chi connectivity index (χ4n) is 1.35. The third-order valence-electron chi connectivity index (χ3n) is 2.19. The molecule has 0 N–H and O–H groups in total. The van der Waals surface area contributed by atoms with Crippen molar-refractivity contribution in [1.29, 1.82) is 0 Å². The smallest absolute Gasteiger partial charge is 0.410 e. The molecule has 0 aliphatic heterocycles. The third kappa shape index (κ3) is 3.87. The van der Waals surface area contributed by atoms with Gasteiger partial charge in [0.1, 0.15) is 11.3 Å². The number of rotatable bonds is 3. The van der Waals surface area contributed by atoms with Crippen molar-refractivity contribution >= 4 is 11.9 Å². The summed E-state index contributed by atoms with van der Waals surface area (Å²) in [4.78, 5) is 24.8. The maximum absolute atomic E-state index is 11.9. The van der Waals surface area contributed by atoms with Gasteiger partial charge in [0.2, 0.25) is 0 Å². The van der Waals surface area contributed by atoms with Crippen molar-refractivity contribution < 1.29 is 14.3 Å². The predicted molar refractivity (Wildman–Crippen MR) is 66.4 cm³/mol. The first-order valence-electron chi connectivity index (χ1n) is 5.66. The molecule has 0 aromatic carbocycles. The number of amides is 1. The summed E-state index contributed by atoms with van der Waals surface area (Å²) in [6.45, 7) is 5.31. The number of ketones is 1. The zero-order valence-corrected chi connectivity index (χ0v) is 11.4. The highest BCUT2D eigenvalue weighted by atomic mass is 16.6. The number of ether oxygens (including phenoxy) is 1. The van der Waals surface area contributed by atoms with Crippen LogP contribution in [0.1, 0.15) is 31.3 Å². The molecule has 0 unspecified atom stereocenters. The molecular formula is C12H19N3O3. The summed E-state index contributed by atoms with van der Waals surface area (Å²) in [6, 6.07) is 1.62. The van der Waals surface area contributed by atoms with Crippen LogP contribution in [0, 0.1) is 0 Å². The van der Waals surface area contributed by atoms with Crippen molar-refractivity contribution in [3.63, 3.8) is 0 Å². The van der Waals surface area contributed by atoms with E-state index in [4.69, 9.17) is 4.74 Å². The van der Waals surface area contributed by atoms with Gasteiger partial charge < -0.3 is 9.64 Å². The van der Waals surface area contributed by atoms with Gasteiger partial charge in [0.25, 0.3) is 0 Å². The van der Waals surface area contributed by atoms with E-state index in [0.717, 1.165) is 0 Å². The Bertz CT molecular complexity index is 446. The zero-order valence-electron chi connectivity index (χ0n) is 11.4. The number of carbonyl (C=O) groups excluding carboxylic acids is 2. The summed E-state index contributed by atoms with van der Waals surface area (Å²) < 4.78 is 6.64. The van der Waals surface area contributed by atoms with Gasteiger partial charge in [-0.2, -0.15) is 5.10 Å². The molecule has 0 aliphatic carbocycles. The molecule has 0 atom stereocenters. The van der Waals surface area contributed by atoms with Crippen LogP contribution in [-0.2, 0) is 11.8 Å². The van der Waals surface area contributed by atoms with Crippen LogP contribution in [-0.4, -0.2) is 45.8 Å². The Balaban J connectivity index is 2.60. The van der Waals surface area contributed by atoms with Crippen LogP contribution < -0.4 is 0 Å². The van der Waals surface area contributed by atoms with Crippen molar-refractivity contribution in [3.8, 4) is 0 Å². The number of aryl methyl sites for hydroxylation is 1. The molecule has 6 heteroatoms. The molecule has 0 aliphatic rings. The van der Waals surface area contributed by atoms with Crippen molar-refractivity contribution in [1.82, 2.24) is 14.7 Å². The van der Waals surface area contributed by atoms with E-state index >= 15 is 0 Å². The molecule has 1 aromatic heterocycles. The van der Waals surface area contributed by atoms with Gasteiger partial charge in [-0.15, -0.1) is 0 Å². The number of carbonyl (C=O) groups is 2. The van der Waals surface area contributed by atoms with Crippen LogP contribution >= 0.6 is 0 Å². The molecule has 0 fully saturated rings. The van der Waals surface area contributed by atoms with E-state index in [0.29, 0.717) is 5.69 Å². The summed E-state index contributed by atoms with van der Waals surface area (Å²) in [6.07, 6.45) is 1.03. The number of nitrogens with zero attached hydrogens (tertiary/aromatic N) is 3. The first-order chi connectivity index (χ1) is 8.20. The summed E-state index contributed by atoms with van der Waals surface area (Å²) >= 11 is 0. The van der Waals surface area contributed by atoms with E-state index in [9.17, 15) is 9.59 Å². The lowest BCUT2D eigenvalue weighted by molar-refractivity contribution is 0.0294. The summed E-state index contributed by atoms with van der Waals surface area (Å²) in [7, 11) is 3.21. The third-order valence-corrected chi connectivity index (χ3v) is 2.19. The van der Waals surface area contributed by atoms with Crippen molar-refractivity contribution in [2.75, 3.05) is 13.6 Å². The van der Waals surface area contributed by atoms with Crippen molar-refractivity contribution in [2.45, 2.75) is 26.4 Å². The second-order valence-corrected chi connectivity index (χ2v) is 5.10. The van der Waals surface area contributed by atoms with Crippen LogP contribution in [0.4, 0.5) is 4.79 Å². The SMILES string of the molecule is CN(CC(=O)c1ccnn1C)C(=O)OC(C)(C)C. The van der Waals surface area contributed by atoms with Gasteiger partial charge in [-0.05, 0) is 26.8 Å². The summed E-state index contributed by atoms with van der Waals surface area (Å²) in [5, 5.41) is 3.91. The highest BCUT2D eigenvalue weighted by molar-refractivity contribution is 5.97. The summed E-state index contributed by atoms with van der Waals surface area (Å²) in [5.41, 5.74) is -0.105. The molecule has 0 saturated heterocycles. The van der Waals surface area contributed by atoms with E-state index in [1.54, 1.807) is 40.1 Å². The zero-order chi connectivity index (χ0) is 13.9. The predicted octanol–water partition coefficient (Wildman–Crippen LogP) is 1.47. The molecule has 0 bridgehead atoms. The van der Waals surface area contributed by atoms with Gasteiger partial charge in [-0.3, -0.25) is 9.48 Å². The molecule has 0 radical (unpaired) electrons. The lowest BCUT2D eigenvalue weighted by Crippen LogP contribution is -2.37.